The summed E-state index contributed by atoms with van der Waals surface area (Å²) in [4.78, 5) is 0. The minimum atomic E-state index is -0.572. The van der Waals surface area contributed by atoms with Gasteiger partial charge in [0.05, 0.1) is 25.2 Å². The van der Waals surface area contributed by atoms with Gasteiger partial charge in [0.1, 0.15) is 34.6 Å². The van der Waals surface area contributed by atoms with Crippen molar-refractivity contribution in [2.75, 3.05) is 14.2 Å². The zero-order chi connectivity index (χ0) is 18.1. The van der Waals surface area contributed by atoms with Gasteiger partial charge in [-0.05, 0) is 24.3 Å². The SMILES string of the molecule is COc1ccc(OC)c([C@@H]2C(C#N)=C(N)Oc3cc(O)c(Cl)cc32)c1. The van der Waals surface area contributed by atoms with Crippen LogP contribution in [0.5, 0.6) is 23.0 Å². The quantitative estimate of drug-likeness (QED) is 0.873. The van der Waals surface area contributed by atoms with E-state index in [4.69, 9.17) is 31.5 Å². The molecule has 1 aliphatic rings. The molecule has 0 spiro atoms. The lowest BCUT2D eigenvalue weighted by molar-refractivity contribution is 0.380. The average molecular weight is 359 g/mol. The number of nitrogens with two attached hydrogens (primary N) is 1. The Kier molecular flexibility index (Phi) is 4.34. The second-order valence-electron chi connectivity index (χ2n) is 5.37. The molecule has 0 amide bonds. The summed E-state index contributed by atoms with van der Waals surface area (Å²) in [6.07, 6.45) is 0. The fourth-order valence-electron chi connectivity index (χ4n) is 2.85. The molecule has 2 aromatic carbocycles. The molecule has 0 saturated heterocycles. The summed E-state index contributed by atoms with van der Waals surface area (Å²) >= 11 is 6.07. The first-order chi connectivity index (χ1) is 12.0. The molecule has 1 atom stereocenters. The van der Waals surface area contributed by atoms with Crippen molar-refractivity contribution in [1.82, 2.24) is 0 Å². The van der Waals surface area contributed by atoms with Crippen molar-refractivity contribution in [3.05, 3.63) is 57.9 Å². The lowest BCUT2D eigenvalue weighted by Crippen LogP contribution is -2.21. The van der Waals surface area contributed by atoms with Crippen LogP contribution in [0.4, 0.5) is 0 Å². The van der Waals surface area contributed by atoms with Gasteiger partial charge >= 0.3 is 0 Å². The van der Waals surface area contributed by atoms with Crippen molar-refractivity contribution >= 4 is 11.6 Å². The van der Waals surface area contributed by atoms with E-state index in [1.165, 1.54) is 13.2 Å². The summed E-state index contributed by atoms with van der Waals surface area (Å²) in [6, 6.07) is 10.3. The molecule has 1 heterocycles. The summed E-state index contributed by atoms with van der Waals surface area (Å²) in [5.41, 5.74) is 7.42. The van der Waals surface area contributed by atoms with Crippen LogP contribution in [-0.2, 0) is 0 Å². The van der Waals surface area contributed by atoms with Gasteiger partial charge in [-0.1, -0.05) is 11.6 Å². The highest BCUT2D eigenvalue weighted by atomic mass is 35.5. The number of benzene rings is 2. The molecule has 0 unspecified atom stereocenters. The van der Waals surface area contributed by atoms with E-state index in [2.05, 4.69) is 6.07 Å². The molecule has 3 N–H and O–H groups in total. The van der Waals surface area contributed by atoms with Crippen molar-refractivity contribution in [1.29, 1.82) is 5.26 Å². The molecule has 0 aromatic heterocycles. The van der Waals surface area contributed by atoms with Crippen LogP contribution in [-0.4, -0.2) is 19.3 Å². The first-order valence-corrected chi connectivity index (χ1v) is 7.69. The molecule has 0 aliphatic carbocycles. The molecular formula is C18H15ClN2O4. The van der Waals surface area contributed by atoms with Crippen LogP contribution in [0.1, 0.15) is 17.0 Å². The zero-order valence-electron chi connectivity index (χ0n) is 13.5. The molecule has 128 valence electrons. The minimum absolute atomic E-state index is 0.0356. The lowest BCUT2D eigenvalue weighted by atomic mass is 9.83. The highest BCUT2D eigenvalue weighted by Crippen LogP contribution is 2.48. The van der Waals surface area contributed by atoms with Gasteiger partial charge in [-0.15, -0.1) is 0 Å². The molecule has 25 heavy (non-hydrogen) atoms. The van der Waals surface area contributed by atoms with Crippen molar-refractivity contribution in [3.63, 3.8) is 0 Å². The fourth-order valence-corrected chi connectivity index (χ4v) is 3.02. The number of allylic oxidation sites excluding steroid dienone is 1. The first-order valence-electron chi connectivity index (χ1n) is 7.32. The van der Waals surface area contributed by atoms with E-state index in [0.29, 0.717) is 28.4 Å². The highest BCUT2D eigenvalue weighted by molar-refractivity contribution is 6.32. The summed E-state index contributed by atoms with van der Waals surface area (Å²) < 4.78 is 16.2. The van der Waals surface area contributed by atoms with Gasteiger partial charge in [0.15, 0.2) is 0 Å². The van der Waals surface area contributed by atoms with Gasteiger partial charge in [-0.2, -0.15) is 5.26 Å². The maximum atomic E-state index is 9.85. The van der Waals surface area contributed by atoms with Crippen molar-refractivity contribution < 1.29 is 19.3 Å². The Balaban J connectivity index is 2.31. The number of hydrogen-bond acceptors (Lipinski definition) is 6. The van der Waals surface area contributed by atoms with Gasteiger partial charge < -0.3 is 25.1 Å². The lowest BCUT2D eigenvalue weighted by Gasteiger charge is -2.28. The Hall–Kier alpha value is -3.04. The number of ether oxygens (including phenoxy) is 3. The maximum absolute atomic E-state index is 9.85. The van der Waals surface area contributed by atoms with Crippen molar-refractivity contribution in [3.8, 4) is 29.1 Å². The Morgan fingerprint density at radius 2 is 1.96 bits per heavy atom. The number of halogens is 1. The van der Waals surface area contributed by atoms with E-state index in [9.17, 15) is 10.4 Å². The van der Waals surface area contributed by atoms with Crippen LogP contribution in [0.15, 0.2) is 41.8 Å². The fraction of sp³-hybridized carbons (Fsp3) is 0.167. The van der Waals surface area contributed by atoms with Crippen LogP contribution in [0.3, 0.4) is 0 Å². The summed E-state index contributed by atoms with van der Waals surface area (Å²) in [7, 11) is 3.09. The molecule has 0 saturated carbocycles. The molecule has 0 radical (unpaired) electrons. The molecule has 0 fully saturated rings. The highest BCUT2D eigenvalue weighted by Gasteiger charge is 2.33. The maximum Gasteiger partial charge on any atom is 0.205 e. The van der Waals surface area contributed by atoms with E-state index >= 15 is 0 Å². The Bertz CT molecular complexity index is 918. The molecule has 2 aromatic rings. The van der Waals surface area contributed by atoms with Gasteiger partial charge in [-0.3, -0.25) is 0 Å². The molecular weight excluding hydrogens is 344 g/mol. The predicted molar refractivity (Wildman–Crippen MR) is 92.0 cm³/mol. The molecule has 0 bridgehead atoms. The topological polar surface area (TPSA) is 97.7 Å². The average Bonchev–Trinajstić information content (AvgIpc) is 2.61. The van der Waals surface area contributed by atoms with Crippen molar-refractivity contribution in [2.45, 2.75) is 5.92 Å². The molecule has 7 heteroatoms. The summed E-state index contributed by atoms with van der Waals surface area (Å²) in [6.45, 7) is 0. The third-order valence-corrected chi connectivity index (χ3v) is 4.34. The van der Waals surface area contributed by atoms with Gasteiger partial charge in [0.2, 0.25) is 5.88 Å². The molecule has 6 nitrogen and oxygen atoms in total. The number of aromatic hydroxyl groups is 1. The van der Waals surface area contributed by atoms with Crippen molar-refractivity contribution in [2.24, 2.45) is 5.73 Å². The van der Waals surface area contributed by atoms with Gasteiger partial charge in [0, 0.05) is 17.2 Å². The zero-order valence-corrected chi connectivity index (χ0v) is 14.3. The second kappa shape index (κ2) is 6.46. The van der Waals surface area contributed by atoms with E-state index in [1.54, 1.807) is 31.4 Å². The van der Waals surface area contributed by atoms with Gasteiger partial charge in [-0.25, -0.2) is 0 Å². The number of fused-ring (bicyclic) bond motifs is 1. The number of methoxy groups -OCH3 is 2. The van der Waals surface area contributed by atoms with Crippen LogP contribution >= 0.6 is 11.6 Å². The molecule has 3 rings (SSSR count). The predicted octanol–water partition coefficient (Wildman–Crippen LogP) is 3.28. The monoisotopic (exact) mass is 358 g/mol. The normalized spacial score (nSPS) is 15.8. The summed E-state index contributed by atoms with van der Waals surface area (Å²) in [5.74, 6) is 0.745. The van der Waals surface area contributed by atoms with E-state index < -0.39 is 5.92 Å². The Morgan fingerprint density at radius 1 is 1.20 bits per heavy atom. The number of phenolic OH excluding ortho intramolecular Hbond substituents is 1. The van der Waals surface area contributed by atoms with Crippen LogP contribution in [0.25, 0.3) is 0 Å². The number of nitriles is 1. The minimum Gasteiger partial charge on any atom is -0.506 e. The number of phenols is 1. The largest absolute Gasteiger partial charge is 0.506 e. The second-order valence-corrected chi connectivity index (χ2v) is 5.78. The smallest absolute Gasteiger partial charge is 0.205 e. The number of rotatable bonds is 3. The third kappa shape index (κ3) is 2.79. The van der Waals surface area contributed by atoms with Crippen LogP contribution in [0, 0.1) is 11.3 Å². The van der Waals surface area contributed by atoms with E-state index in [0.717, 1.165) is 0 Å². The Morgan fingerprint density at radius 3 is 2.60 bits per heavy atom. The van der Waals surface area contributed by atoms with Crippen LogP contribution in [0.2, 0.25) is 5.02 Å². The van der Waals surface area contributed by atoms with E-state index in [1.807, 2.05) is 0 Å². The number of nitrogens with zero attached hydrogens (tertiary/aromatic N) is 1. The first kappa shape index (κ1) is 16.8. The summed E-state index contributed by atoms with van der Waals surface area (Å²) in [5, 5.41) is 19.6. The standard InChI is InChI=1S/C18H15ClN2O4/c1-23-9-3-4-15(24-2)10(5-9)17-11-6-13(19)14(22)7-16(11)25-18(21)12(17)8-20/h3-7,17,22H,21H2,1-2H3/t17-/m0/s1. The van der Waals surface area contributed by atoms with Gasteiger partial charge in [0.25, 0.3) is 0 Å². The third-order valence-electron chi connectivity index (χ3n) is 4.03. The van der Waals surface area contributed by atoms with Crippen LogP contribution < -0.4 is 19.9 Å². The Labute approximate surface area is 149 Å². The van der Waals surface area contributed by atoms with E-state index in [-0.39, 0.29) is 22.2 Å². The number of hydrogen-bond donors (Lipinski definition) is 2. The molecule has 1 aliphatic heterocycles.